The van der Waals surface area contributed by atoms with E-state index in [0.717, 1.165) is 10.4 Å². The molecule has 1 heterocycles. The Balaban J connectivity index is 1.94. The second-order valence-electron chi connectivity index (χ2n) is 6.29. The number of carbonyl (C=O) groups excluding carboxylic acids is 2. The summed E-state index contributed by atoms with van der Waals surface area (Å²) in [5, 5.41) is 7.58. The molecule has 25 heavy (non-hydrogen) atoms. The molecule has 2 N–H and O–H groups in total. The lowest BCUT2D eigenvalue weighted by Gasteiger charge is -2.24. The normalized spacial score (nSPS) is 11.9. The van der Waals surface area contributed by atoms with Crippen LogP contribution in [0.5, 0.6) is 0 Å². The molecule has 6 heteroatoms. The molecule has 0 aliphatic carbocycles. The van der Waals surface area contributed by atoms with E-state index in [4.69, 9.17) is 0 Å². The van der Waals surface area contributed by atoms with Gasteiger partial charge in [0.05, 0.1) is 6.04 Å². The van der Waals surface area contributed by atoms with Crippen molar-refractivity contribution in [3.05, 3.63) is 57.8 Å². The second-order valence-corrected chi connectivity index (χ2v) is 7.27. The number of carbonyl (C=O) groups is 2. The Bertz CT molecular complexity index is 696. The number of amides is 3. The predicted octanol–water partition coefficient (Wildman–Crippen LogP) is 3.79. The van der Waals surface area contributed by atoms with E-state index < -0.39 is 0 Å². The molecule has 0 bridgehead atoms. The number of rotatable bonds is 6. The maximum Gasteiger partial charge on any atom is 0.315 e. The van der Waals surface area contributed by atoms with Crippen LogP contribution < -0.4 is 10.6 Å². The number of hydrogen-bond acceptors (Lipinski definition) is 3. The third-order valence-electron chi connectivity index (χ3n) is 3.93. The van der Waals surface area contributed by atoms with E-state index in [1.54, 1.807) is 28.4 Å². The summed E-state index contributed by atoms with van der Waals surface area (Å²) in [7, 11) is 1.82. The van der Waals surface area contributed by atoms with Crippen molar-refractivity contribution in [2.45, 2.75) is 39.4 Å². The van der Waals surface area contributed by atoms with E-state index in [1.807, 2.05) is 57.5 Å². The van der Waals surface area contributed by atoms with Gasteiger partial charge in [0.25, 0.3) is 5.91 Å². The molecule has 5 nitrogen and oxygen atoms in total. The van der Waals surface area contributed by atoms with E-state index in [2.05, 4.69) is 10.6 Å². The highest BCUT2D eigenvalue weighted by atomic mass is 32.1. The topological polar surface area (TPSA) is 61.4 Å². The van der Waals surface area contributed by atoms with Crippen LogP contribution in [0.1, 0.15) is 47.6 Å². The predicted molar refractivity (Wildman–Crippen MR) is 102 cm³/mol. The molecule has 0 aliphatic rings. The molecule has 2 rings (SSSR count). The van der Waals surface area contributed by atoms with Crippen LogP contribution in [0, 0.1) is 0 Å². The summed E-state index contributed by atoms with van der Waals surface area (Å²) in [5.74, 6) is -0.0158. The first-order valence-electron chi connectivity index (χ1n) is 8.32. The molecule has 134 valence electrons. The maximum atomic E-state index is 12.6. The van der Waals surface area contributed by atoms with Crippen LogP contribution in [-0.2, 0) is 6.54 Å². The van der Waals surface area contributed by atoms with Crippen molar-refractivity contribution in [1.29, 1.82) is 0 Å². The number of nitrogens with one attached hydrogen (secondary N) is 2. The second kappa shape index (κ2) is 8.67. The third kappa shape index (κ3) is 5.32. The summed E-state index contributed by atoms with van der Waals surface area (Å²) in [6, 6.07) is 11.3. The fraction of sp³-hybridized carbons (Fsp3) is 0.368. The van der Waals surface area contributed by atoms with Crippen LogP contribution in [-0.4, -0.2) is 29.9 Å². The summed E-state index contributed by atoms with van der Waals surface area (Å²) in [5.41, 5.74) is 1.59. The SMILES string of the molecule is CC(C)NC(=O)NCc1ccc(C(=O)N(C)C(C)c2cccs2)cc1. The van der Waals surface area contributed by atoms with Crippen LogP contribution in [0.3, 0.4) is 0 Å². The minimum absolute atomic E-state index is 0.0158. The third-order valence-corrected chi connectivity index (χ3v) is 4.97. The highest BCUT2D eigenvalue weighted by molar-refractivity contribution is 7.10. The Labute approximate surface area is 153 Å². The van der Waals surface area contributed by atoms with Crippen molar-refractivity contribution < 1.29 is 9.59 Å². The minimum Gasteiger partial charge on any atom is -0.336 e. The van der Waals surface area contributed by atoms with Gasteiger partial charge < -0.3 is 15.5 Å². The van der Waals surface area contributed by atoms with Gasteiger partial charge in [0.2, 0.25) is 0 Å². The molecule has 0 radical (unpaired) electrons. The Morgan fingerprint density at radius 2 is 1.80 bits per heavy atom. The molecule has 0 fully saturated rings. The van der Waals surface area contributed by atoms with E-state index in [1.165, 1.54) is 0 Å². The van der Waals surface area contributed by atoms with E-state index in [9.17, 15) is 9.59 Å². The lowest BCUT2D eigenvalue weighted by atomic mass is 10.1. The van der Waals surface area contributed by atoms with Crippen molar-refractivity contribution >= 4 is 23.3 Å². The standard InChI is InChI=1S/C19H25N3O2S/c1-13(2)21-19(24)20-12-15-7-9-16(10-8-15)18(23)22(4)14(3)17-6-5-11-25-17/h5-11,13-14H,12H2,1-4H3,(H2,20,21,24). The van der Waals surface area contributed by atoms with Crippen LogP contribution in [0.4, 0.5) is 4.79 Å². The lowest BCUT2D eigenvalue weighted by Crippen LogP contribution is -2.39. The summed E-state index contributed by atoms with van der Waals surface area (Å²) < 4.78 is 0. The zero-order chi connectivity index (χ0) is 18.4. The molecular formula is C19H25N3O2S. The van der Waals surface area contributed by atoms with Gasteiger partial charge in [-0.15, -0.1) is 11.3 Å². The molecule has 2 aromatic rings. The Morgan fingerprint density at radius 3 is 2.36 bits per heavy atom. The zero-order valence-electron chi connectivity index (χ0n) is 15.1. The lowest BCUT2D eigenvalue weighted by molar-refractivity contribution is 0.0745. The van der Waals surface area contributed by atoms with Gasteiger partial charge in [-0.1, -0.05) is 18.2 Å². The monoisotopic (exact) mass is 359 g/mol. The Hall–Kier alpha value is -2.34. The first kappa shape index (κ1) is 19.0. The summed E-state index contributed by atoms with van der Waals surface area (Å²) >= 11 is 1.65. The largest absolute Gasteiger partial charge is 0.336 e. The van der Waals surface area contributed by atoms with Gasteiger partial charge in [-0.25, -0.2) is 4.79 Å². The van der Waals surface area contributed by atoms with Crippen molar-refractivity contribution in [3.8, 4) is 0 Å². The molecule has 1 atom stereocenters. The minimum atomic E-state index is -0.195. The van der Waals surface area contributed by atoms with Gasteiger partial charge >= 0.3 is 6.03 Å². The van der Waals surface area contributed by atoms with Crippen molar-refractivity contribution in [2.24, 2.45) is 0 Å². The van der Waals surface area contributed by atoms with Crippen LogP contribution >= 0.6 is 11.3 Å². The van der Waals surface area contributed by atoms with Crippen LogP contribution in [0.15, 0.2) is 41.8 Å². The van der Waals surface area contributed by atoms with Gasteiger partial charge in [-0.2, -0.15) is 0 Å². The number of hydrogen-bond donors (Lipinski definition) is 2. The van der Waals surface area contributed by atoms with E-state index in [0.29, 0.717) is 12.1 Å². The van der Waals surface area contributed by atoms with Crippen LogP contribution in [0.2, 0.25) is 0 Å². The number of benzene rings is 1. The zero-order valence-corrected chi connectivity index (χ0v) is 15.9. The van der Waals surface area contributed by atoms with Crippen molar-refractivity contribution in [3.63, 3.8) is 0 Å². The highest BCUT2D eigenvalue weighted by Crippen LogP contribution is 2.24. The maximum absolute atomic E-state index is 12.6. The quantitative estimate of drug-likeness (QED) is 0.824. The molecule has 1 unspecified atom stereocenters. The number of nitrogens with zero attached hydrogens (tertiary/aromatic N) is 1. The van der Waals surface area contributed by atoms with Gasteiger partial charge in [-0.3, -0.25) is 4.79 Å². The molecule has 0 saturated heterocycles. The molecular weight excluding hydrogens is 334 g/mol. The molecule has 0 spiro atoms. The van der Waals surface area contributed by atoms with Gasteiger partial charge in [0.1, 0.15) is 0 Å². The Kier molecular flexibility index (Phi) is 6.58. The molecule has 0 aliphatic heterocycles. The summed E-state index contributed by atoms with van der Waals surface area (Å²) in [6.07, 6.45) is 0. The van der Waals surface area contributed by atoms with Gasteiger partial charge in [0.15, 0.2) is 0 Å². The van der Waals surface area contributed by atoms with Crippen LogP contribution in [0.25, 0.3) is 0 Å². The molecule has 3 amide bonds. The average Bonchev–Trinajstić information content (AvgIpc) is 3.12. The smallest absolute Gasteiger partial charge is 0.315 e. The number of urea groups is 1. The fourth-order valence-corrected chi connectivity index (χ4v) is 3.19. The fourth-order valence-electron chi connectivity index (χ4n) is 2.36. The van der Waals surface area contributed by atoms with E-state index >= 15 is 0 Å². The average molecular weight is 359 g/mol. The first-order valence-corrected chi connectivity index (χ1v) is 9.20. The molecule has 1 aromatic heterocycles. The van der Waals surface area contributed by atoms with Crippen molar-refractivity contribution in [1.82, 2.24) is 15.5 Å². The molecule has 0 saturated carbocycles. The van der Waals surface area contributed by atoms with Crippen molar-refractivity contribution in [2.75, 3.05) is 7.05 Å². The van der Waals surface area contributed by atoms with E-state index in [-0.39, 0.29) is 24.0 Å². The summed E-state index contributed by atoms with van der Waals surface area (Å²) in [4.78, 5) is 27.1. The van der Waals surface area contributed by atoms with Gasteiger partial charge in [0, 0.05) is 30.1 Å². The molecule has 1 aromatic carbocycles. The summed E-state index contributed by atoms with van der Waals surface area (Å²) in [6.45, 7) is 6.27. The van der Waals surface area contributed by atoms with Gasteiger partial charge in [-0.05, 0) is 49.9 Å². The number of thiophene rings is 1. The Morgan fingerprint density at radius 1 is 1.12 bits per heavy atom. The highest BCUT2D eigenvalue weighted by Gasteiger charge is 2.19. The first-order chi connectivity index (χ1) is 11.9.